The van der Waals surface area contributed by atoms with Crippen molar-refractivity contribution in [1.82, 2.24) is 5.32 Å². The number of carboxylic acid groups (broad SMARTS) is 1. The van der Waals surface area contributed by atoms with Gasteiger partial charge in [0.1, 0.15) is 12.3 Å². The molecule has 0 saturated heterocycles. The van der Waals surface area contributed by atoms with E-state index in [-0.39, 0.29) is 5.70 Å². The minimum atomic E-state index is -1.25. The quantitative estimate of drug-likeness (QED) is 0.261. The van der Waals surface area contributed by atoms with Crippen LogP contribution in [0.2, 0.25) is 0 Å². The number of benzene rings is 3. The molecule has 0 saturated carbocycles. The number of hydrogen-bond acceptors (Lipinski definition) is 4. The van der Waals surface area contributed by atoms with Gasteiger partial charge in [-0.2, -0.15) is 0 Å². The number of ether oxygens (including phenoxy) is 2. The SMILES string of the molecule is COc1cc(/C=C(/NC(=O)c2ccccc2)C(=O)O)cc(I)c1OCc1cccc(Br)c1. The maximum atomic E-state index is 12.4. The molecule has 0 aliphatic rings. The van der Waals surface area contributed by atoms with Gasteiger partial charge < -0.3 is 19.9 Å². The van der Waals surface area contributed by atoms with E-state index in [1.165, 1.54) is 13.2 Å². The molecule has 0 heterocycles. The van der Waals surface area contributed by atoms with Gasteiger partial charge in [0.25, 0.3) is 5.91 Å². The summed E-state index contributed by atoms with van der Waals surface area (Å²) in [6, 6.07) is 19.6. The van der Waals surface area contributed by atoms with Crippen molar-refractivity contribution in [2.24, 2.45) is 0 Å². The van der Waals surface area contributed by atoms with E-state index < -0.39 is 11.9 Å². The summed E-state index contributed by atoms with van der Waals surface area (Å²) in [5.74, 6) is -0.749. The third-order valence-corrected chi connectivity index (χ3v) is 5.64. The highest BCUT2D eigenvalue weighted by molar-refractivity contribution is 14.1. The van der Waals surface area contributed by atoms with Crippen LogP contribution in [0.5, 0.6) is 11.5 Å². The van der Waals surface area contributed by atoms with Crippen LogP contribution in [0.3, 0.4) is 0 Å². The Bertz CT molecular complexity index is 1160. The maximum absolute atomic E-state index is 12.4. The van der Waals surface area contributed by atoms with Crippen molar-refractivity contribution in [3.8, 4) is 11.5 Å². The molecule has 0 bridgehead atoms. The van der Waals surface area contributed by atoms with Crippen LogP contribution in [0, 0.1) is 3.57 Å². The number of carboxylic acids is 1. The molecule has 6 nitrogen and oxygen atoms in total. The van der Waals surface area contributed by atoms with Crippen molar-refractivity contribution < 1.29 is 24.2 Å². The number of amides is 1. The van der Waals surface area contributed by atoms with Crippen molar-refractivity contribution in [2.45, 2.75) is 6.61 Å². The summed E-state index contributed by atoms with van der Waals surface area (Å²) in [5, 5.41) is 12.0. The highest BCUT2D eigenvalue weighted by Gasteiger charge is 2.16. The lowest BCUT2D eigenvalue weighted by molar-refractivity contribution is -0.132. The summed E-state index contributed by atoms with van der Waals surface area (Å²) in [4.78, 5) is 24.1. The summed E-state index contributed by atoms with van der Waals surface area (Å²) >= 11 is 5.55. The Balaban J connectivity index is 1.84. The molecule has 3 rings (SSSR count). The molecule has 0 aromatic heterocycles. The number of methoxy groups -OCH3 is 1. The Labute approximate surface area is 207 Å². The molecule has 0 aliphatic carbocycles. The maximum Gasteiger partial charge on any atom is 0.352 e. The molecule has 8 heteroatoms. The van der Waals surface area contributed by atoms with Crippen LogP contribution in [0.25, 0.3) is 6.08 Å². The Morgan fingerprint density at radius 2 is 1.84 bits per heavy atom. The summed E-state index contributed by atoms with van der Waals surface area (Å²) < 4.78 is 13.1. The molecule has 164 valence electrons. The largest absolute Gasteiger partial charge is 0.493 e. The van der Waals surface area contributed by atoms with Gasteiger partial charge in [0, 0.05) is 10.0 Å². The van der Waals surface area contributed by atoms with Crippen LogP contribution in [0.1, 0.15) is 21.5 Å². The molecular formula is C24H19BrINO5. The number of rotatable bonds is 8. The van der Waals surface area contributed by atoms with E-state index in [0.29, 0.717) is 29.2 Å². The third kappa shape index (κ3) is 6.33. The lowest BCUT2D eigenvalue weighted by Crippen LogP contribution is -2.27. The van der Waals surface area contributed by atoms with Crippen LogP contribution in [-0.2, 0) is 11.4 Å². The second kappa shape index (κ2) is 11.1. The van der Waals surface area contributed by atoms with Crippen LogP contribution in [-0.4, -0.2) is 24.1 Å². The van der Waals surface area contributed by atoms with Crippen LogP contribution >= 0.6 is 38.5 Å². The molecule has 0 unspecified atom stereocenters. The minimum absolute atomic E-state index is 0.250. The molecule has 0 fully saturated rings. The molecule has 1 amide bonds. The van der Waals surface area contributed by atoms with Crippen molar-refractivity contribution >= 4 is 56.5 Å². The minimum Gasteiger partial charge on any atom is -0.493 e. The predicted molar refractivity (Wildman–Crippen MR) is 134 cm³/mol. The first-order valence-electron chi connectivity index (χ1n) is 9.43. The average molecular weight is 608 g/mol. The molecule has 0 radical (unpaired) electrons. The first-order chi connectivity index (χ1) is 15.4. The van der Waals surface area contributed by atoms with Crippen molar-refractivity contribution in [2.75, 3.05) is 7.11 Å². The van der Waals surface area contributed by atoms with Crippen molar-refractivity contribution in [1.29, 1.82) is 0 Å². The molecule has 2 N–H and O–H groups in total. The summed E-state index contributed by atoms with van der Waals surface area (Å²) in [7, 11) is 1.51. The number of nitrogens with one attached hydrogen (secondary N) is 1. The Kier molecular flexibility index (Phi) is 8.29. The van der Waals surface area contributed by atoms with Gasteiger partial charge in [-0.3, -0.25) is 4.79 Å². The van der Waals surface area contributed by atoms with Crippen molar-refractivity contribution in [3.63, 3.8) is 0 Å². The van der Waals surface area contributed by atoms with E-state index in [4.69, 9.17) is 9.47 Å². The van der Waals surface area contributed by atoms with Crippen LogP contribution in [0.15, 0.2) is 76.9 Å². The van der Waals surface area contributed by atoms with Gasteiger partial charge in [0.2, 0.25) is 0 Å². The molecular weight excluding hydrogens is 589 g/mol. The third-order valence-electron chi connectivity index (χ3n) is 4.35. The topological polar surface area (TPSA) is 84.9 Å². The highest BCUT2D eigenvalue weighted by Crippen LogP contribution is 2.35. The van der Waals surface area contributed by atoms with Gasteiger partial charge in [-0.25, -0.2) is 4.79 Å². The van der Waals surface area contributed by atoms with E-state index in [1.54, 1.807) is 42.5 Å². The zero-order chi connectivity index (χ0) is 23.1. The Morgan fingerprint density at radius 3 is 2.50 bits per heavy atom. The zero-order valence-corrected chi connectivity index (χ0v) is 20.7. The number of hydrogen-bond donors (Lipinski definition) is 2. The van der Waals surface area contributed by atoms with Gasteiger partial charge in [-0.05, 0) is 76.2 Å². The van der Waals surface area contributed by atoms with Gasteiger partial charge in [-0.1, -0.05) is 46.3 Å². The van der Waals surface area contributed by atoms with E-state index >= 15 is 0 Å². The van der Waals surface area contributed by atoms with Gasteiger partial charge in [0.15, 0.2) is 11.5 Å². The summed E-state index contributed by atoms with van der Waals surface area (Å²) in [6.07, 6.45) is 1.38. The van der Waals surface area contributed by atoms with E-state index in [9.17, 15) is 14.7 Å². The monoisotopic (exact) mass is 607 g/mol. The number of halogens is 2. The van der Waals surface area contributed by atoms with Crippen LogP contribution in [0.4, 0.5) is 0 Å². The van der Waals surface area contributed by atoms with E-state index in [0.717, 1.165) is 13.6 Å². The Morgan fingerprint density at radius 1 is 1.09 bits per heavy atom. The van der Waals surface area contributed by atoms with E-state index in [2.05, 4.69) is 43.8 Å². The fourth-order valence-electron chi connectivity index (χ4n) is 2.85. The average Bonchev–Trinajstić information content (AvgIpc) is 2.78. The number of carbonyl (C=O) groups is 2. The molecule has 0 aliphatic heterocycles. The zero-order valence-electron chi connectivity index (χ0n) is 17.0. The first-order valence-corrected chi connectivity index (χ1v) is 11.3. The molecule has 3 aromatic carbocycles. The highest BCUT2D eigenvalue weighted by atomic mass is 127. The van der Waals surface area contributed by atoms with Crippen LogP contribution < -0.4 is 14.8 Å². The summed E-state index contributed by atoms with van der Waals surface area (Å²) in [6.45, 7) is 0.342. The first kappa shape index (κ1) is 23.8. The molecule has 0 atom stereocenters. The Hall–Kier alpha value is -2.85. The van der Waals surface area contributed by atoms with E-state index in [1.807, 2.05) is 24.3 Å². The fraction of sp³-hybridized carbons (Fsp3) is 0.0833. The smallest absolute Gasteiger partial charge is 0.352 e. The second-order valence-electron chi connectivity index (χ2n) is 6.64. The lowest BCUT2D eigenvalue weighted by Gasteiger charge is -2.14. The van der Waals surface area contributed by atoms with Gasteiger partial charge in [0.05, 0.1) is 10.7 Å². The van der Waals surface area contributed by atoms with Gasteiger partial charge in [-0.15, -0.1) is 0 Å². The van der Waals surface area contributed by atoms with Crippen molar-refractivity contribution in [3.05, 3.63) is 97.2 Å². The molecule has 0 spiro atoms. The number of carbonyl (C=O) groups excluding carboxylic acids is 1. The molecule has 32 heavy (non-hydrogen) atoms. The van der Waals surface area contributed by atoms with Gasteiger partial charge >= 0.3 is 5.97 Å². The standard InChI is InChI=1S/C24H19BrINO5/c1-31-21-13-16(11-19(26)22(21)32-14-15-6-5-9-18(25)10-15)12-20(24(29)30)27-23(28)17-7-3-2-4-8-17/h2-13H,14H2,1H3,(H,27,28)(H,29,30)/b20-12+. The summed E-state index contributed by atoms with van der Waals surface area (Å²) in [5.41, 5.74) is 1.65. The number of aliphatic carboxylic acids is 1. The normalized spacial score (nSPS) is 11.0. The lowest BCUT2D eigenvalue weighted by atomic mass is 10.1. The predicted octanol–water partition coefficient (Wildman–Crippen LogP) is 5.50. The molecule has 3 aromatic rings. The second-order valence-corrected chi connectivity index (χ2v) is 8.71. The fourth-order valence-corrected chi connectivity index (χ4v) is 4.08.